The fourth-order valence-electron chi connectivity index (χ4n) is 1.71. The van der Waals surface area contributed by atoms with E-state index in [1.807, 2.05) is 13.8 Å². The highest BCUT2D eigenvalue weighted by Crippen LogP contribution is 2.20. The molecule has 1 aromatic rings. The predicted octanol–water partition coefficient (Wildman–Crippen LogP) is 0.388. The number of nitrogens with zero attached hydrogens (tertiary/aromatic N) is 3. The molecule has 1 aromatic carbocycles. The molecule has 0 aliphatic heterocycles. The highest BCUT2D eigenvalue weighted by atomic mass is 16.2. The number of carbonyl (C=O) groups excluding carboxylic acids is 1. The Morgan fingerprint density at radius 3 is 2.30 bits per heavy atom. The summed E-state index contributed by atoms with van der Waals surface area (Å²) in [6.45, 7) is 5.08. The van der Waals surface area contributed by atoms with Gasteiger partial charge in [0.05, 0.1) is 11.3 Å². The van der Waals surface area contributed by atoms with Gasteiger partial charge in [0.2, 0.25) is 5.96 Å². The molecule has 6 N–H and O–H groups in total. The summed E-state index contributed by atoms with van der Waals surface area (Å²) < 4.78 is 0. The number of amides is 1. The SMILES string of the molecule is CCN(CC)C(=O)c1ccccc1N=C(N)N=C(N)N. The number of benzene rings is 1. The molecule has 0 saturated heterocycles. The zero-order valence-electron chi connectivity index (χ0n) is 11.7. The van der Waals surface area contributed by atoms with Crippen LogP contribution in [0, 0.1) is 0 Å². The van der Waals surface area contributed by atoms with Gasteiger partial charge in [-0.05, 0) is 26.0 Å². The van der Waals surface area contributed by atoms with E-state index in [0.717, 1.165) is 0 Å². The Kier molecular flexibility index (Phi) is 5.52. The van der Waals surface area contributed by atoms with Gasteiger partial charge >= 0.3 is 0 Å². The van der Waals surface area contributed by atoms with Crippen LogP contribution in [0.3, 0.4) is 0 Å². The molecule has 1 amide bonds. The summed E-state index contributed by atoms with van der Waals surface area (Å²) in [6.07, 6.45) is 0. The van der Waals surface area contributed by atoms with Crippen LogP contribution in [-0.4, -0.2) is 35.8 Å². The van der Waals surface area contributed by atoms with Crippen molar-refractivity contribution in [2.75, 3.05) is 13.1 Å². The van der Waals surface area contributed by atoms with Gasteiger partial charge in [-0.25, -0.2) is 4.99 Å². The minimum atomic E-state index is -0.182. The van der Waals surface area contributed by atoms with Crippen molar-refractivity contribution in [3.8, 4) is 0 Å². The number of guanidine groups is 2. The summed E-state index contributed by atoms with van der Waals surface area (Å²) in [7, 11) is 0. The average Bonchev–Trinajstić information content (AvgIpc) is 2.39. The molecule has 0 saturated carbocycles. The monoisotopic (exact) mass is 276 g/mol. The first-order valence-corrected chi connectivity index (χ1v) is 6.31. The molecular formula is C13H20N6O. The number of hydrogen-bond acceptors (Lipinski definition) is 2. The van der Waals surface area contributed by atoms with Crippen LogP contribution in [0.4, 0.5) is 5.69 Å². The highest BCUT2D eigenvalue weighted by Gasteiger charge is 2.15. The first kappa shape index (κ1) is 15.5. The van der Waals surface area contributed by atoms with Gasteiger partial charge in [0.15, 0.2) is 5.96 Å². The van der Waals surface area contributed by atoms with Crippen molar-refractivity contribution in [2.24, 2.45) is 27.2 Å². The molecule has 0 unspecified atom stereocenters. The lowest BCUT2D eigenvalue weighted by atomic mass is 10.1. The maximum Gasteiger partial charge on any atom is 0.256 e. The van der Waals surface area contributed by atoms with Crippen molar-refractivity contribution in [1.82, 2.24) is 4.90 Å². The van der Waals surface area contributed by atoms with Crippen LogP contribution in [0.15, 0.2) is 34.3 Å². The fraction of sp³-hybridized carbons (Fsp3) is 0.308. The zero-order chi connectivity index (χ0) is 15.1. The molecule has 0 aromatic heterocycles. The molecule has 0 fully saturated rings. The summed E-state index contributed by atoms with van der Waals surface area (Å²) >= 11 is 0. The predicted molar refractivity (Wildman–Crippen MR) is 80.8 cm³/mol. The van der Waals surface area contributed by atoms with Crippen molar-refractivity contribution < 1.29 is 4.79 Å². The molecule has 7 heteroatoms. The molecule has 0 bridgehead atoms. The van der Waals surface area contributed by atoms with Gasteiger partial charge in [0.1, 0.15) is 0 Å². The van der Waals surface area contributed by atoms with Crippen LogP contribution >= 0.6 is 0 Å². The van der Waals surface area contributed by atoms with E-state index in [-0.39, 0.29) is 17.8 Å². The lowest BCUT2D eigenvalue weighted by molar-refractivity contribution is 0.0774. The molecule has 0 aliphatic rings. The largest absolute Gasteiger partial charge is 0.370 e. The lowest BCUT2D eigenvalue weighted by Gasteiger charge is -2.19. The van der Waals surface area contributed by atoms with Gasteiger partial charge in [0.25, 0.3) is 5.91 Å². The molecule has 0 aliphatic carbocycles. The fourth-order valence-corrected chi connectivity index (χ4v) is 1.71. The molecule has 1 rings (SSSR count). The third-order valence-electron chi connectivity index (χ3n) is 2.66. The Hall–Kier alpha value is -2.57. The minimum Gasteiger partial charge on any atom is -0.370 e. The molecule has 0 atom stereocenters. The summed E-state index contributed by atoms with van der Waals surface area (Å²) in [5.41, 5.74) is 17.0. The van der Waals surface area contributed by atoms with Crippen molar-refractivity contribution in [3.05, 3.63) is 29.8 Å². The van der Waals surface area contributed by atoms with E-state index >= 15 is 0 Å². The summed E-state index contributed by atoms with van der Waals surface area (Å²) in [5, 5.41) is 0. The summed E-state index contributed by atoms with van der Waals surface area (Å²) in [6, 6.07) is 6.92. The number of nitrogens with two attached hydrogens (primary N) is 3. The first-order valence-electron chi connectivity index (χ1n) is 6.31. The molecular weight excluding hydrogens is 256 g/mol. The Morgan fingerprint density at radius 1 is 1.15 bits per heavy atom. The zero-order valence-corrected chi connectivity index (χ0v) is 11.7. The Bertz CT molecular complexity index is 529. The Balaban J connectivity index is 3.18. The topological polar surface area (TPSA) is 123 Å². The number of rotatable bonds is 4. The van der Waals surface area contributed by atoms with Crippen LogP contribution in [-0.2, 0) is 0 Å². The molecule has 0 heterocycles. The quantitative estimate of drug-likeness (QED) is 0.543. The van der Waals surface area contributed by atoms with Crippen LogP contribution < -0.4 is 17.2 Å². The first-order chi connectivity index (χ1) is 9.49. The average molecular weight is 276 g/mol. The van der Waals surface area contributed by atoms with E-state index in [9.17, 15) is 4.79 Å². The number of hydrogen-bond donors (Lipinski definition) is 3. The summed E-state index contributed by atoms with van der Waals surface area (Å²) in [5.74, 6) is -0.379. The van der Waals surface area contributed by atoms with Gasteiger partial charge in [-0.2, -0.15) is 4.99 Å². The number of aliphatic imine (C=N–C) groups is 2. The minimum absolute atomic E-state index is 0.0928. The second-order valence-corrected chi connectivity index (χ2v) is 4.00. The standard InChI is InChI=1S/C13H20N6O/c1-3-19(4-2)11(20)9-7-5-6-8-10(9)17-13(16)18-12(14)15/h5-8H,3-4H2,1-2H3,(H6,14,15,16,17,18). The molecule has 108 valence electrons. The maximum atomic E-state index is 12.4. The van der Waals surface area contributed by atoms with E-state index in [0.29, 0.717) is 24.3 Å². The van der Waals surface area contributed by atoms with E-state index in [2.05, 4.69) is 9.98 Å². The summed E-state index contributed by atoms with van der Waals surface area (Å²) in [4.78, 5) is 21.8. The van der Waals surface area contributed by atoms with Gasteiger partial charge in [-0.3, -0.25) is 4.79 Å². The second kappa shape index (κ2) is 7.13. The van der Waals surface area contributed by atoms with E-state index < -0.39 is 0 Å². The second-order valence-electron chi connectivity index (χ2n) is 4.00. The number of carbonyl (C=O) groups is 1. The van der Waals surface area contributed by atoms with Crippen LogP contribution in [0.25, 0.3) is 0 Å². The van der Waals surface area contributed by atoms with Gasteiger partial charge < -0.3 is 22.1 Å². The number of para-hydroxylation sites is 1. The normalized spacial score (nSPS) is 11.0. The van der Waals surface area contributed by atoms with E-state index in [4.69, 9.17) is 17.2 Å². The molecule has 7 nitrogen and oxygen atoms in total. The molecule has 0 spiro atoms. The van der Waals surface area contributed by atoms with E-state index in [1.165, 1.54) is 0 Å². The van der Waals surface area contributed by atoms with Crippen molar-refractivity contribution in [1.29, 1.82) is 0 Å². The Morgan fingerprint density at radius 2 is 1.75 bits per heavy atom. The highest BCUT2D eigenvalue weighted by molar-refractivity contribution is 6.01. The van der Waals surface area contributed by atoms with Crippen LogP contribution in [0.5, 0.6) is 0 Å². The van der Waals surface area contributed by atoms with Gasteiger partial charge in [-0.15, -0.1) is 0 Å². The van der Waals surface area contributed by atoms with Gasteiger partial charge in [0, 0.05) is 13.1 Å². The van der Waals surface area contributed by atoms with Gasteiger partial charge in [-0.1, -0.05) is 12.1 Å². The molecule has 20 heavy (non-hydrogen) atoms. The van der Waals surface area contributed by atoms with Crippen LogP contribution in [0.2, 0.25) is 0 Å². The third-order valence-corrected chi connectivity index (χ3v) is 2.66. The smallest absolute Gasteiger partial charge is 0.256 e. The lowest BCUT2D eigenvalue weighted by Crippen LogP contribution is -2.30. The van der Waals surface area contributed by atoms with Crippen molar-refractivity contribution in [3.63, 3.8) is 0 Å². The Labute approximate surface area is 118 Å². The maximum absolute atomic E-state index is 12.4. The van der Waals surface area contributed by atoms with Crippen molar-refractivity contribution in [2.45, 2.75) is 13.8 Å². The van der Waals surface area contributed by atoms with Crippen LogP contribution in [0.1, 0.15) is 24.2 Å². The molecule has 0 radical (unpaired) electrons. The third kappa shape index (κ3) is 3.98. The van der Waals surface area contributed by atoms with E-state index in [1.54, 1.807) is 29.2 Å². The van der Waals surface area contributed by atoms with Crippen molar-refractivity contribution >= 4 is 23.5 Å².